The van der Waals surface area contributed by atoms with Gasteiger partial charge in [-0.25, -0.2) is 4.79 Å². The number of ether oxygens (including phenoxy) is 1. The van der Waals surface area contributed by atoms with E-state index in [4.69, 9.17) is 9.84 Å². The van der Waals surface area contributed by atoms with Gasteiger partial charge >= 0.3 is 5.97 Å². The van der Waals surface area contributed by atoms with Crippen LogP contribution in [0.1, 0.15) is 17.3 Å². The van der Waals surface area contributed by atoms with Crippen LogP contribution in [0.25, 0.3) is 49.2 Å². The second-order valence-corrected chi connectivity index (χ2v) is 7.99. The second kappa shape index (κ2) is 7.68. The highest BCUT2D eigenvalue weighted by Crippen LogP contribution is 2.34. The summed E-state index contributed by atoms with van der Waals surface area (Å²) < 4.78 is 7.49. The number of carbonyl (C=O) groups is 1. The van der Waals surface area contributed by atoms with Crippen molar-refractivity contribution in [1.82, 2.24) is 5.10 Å². The lowest BCUT2D eigenvalue weighted by molar-refractivity contribution is -0.548. The Bertz CT molecular complexity index is 1690. The summed E-state index contributed by atoms with van der Waals surface area (Å²) in [5, 5.41) is 9.07. The Labute approximate surface area is 190 Å². The molecule has 0 amide bonds. The number of hydrogen-bond acceptors (Lipinski definition) is 3. The molecule has 0 aliphatic carbocycles. The fourth-order valence-corrected chi connectivity index (χ4v) is 4.73. The first-order valence-electron chi connectivity index (χ1n) is 11.1. The molecule has 0 radical (unpaired) electrons. The van der Waals surface area contributed by atoms with Crippen LogP contribution in [0.4, 0.5) is 0 Å². The highest BCUT2D eigenvalue weighted by atomic mass is 16.5. The first-order chi connectivity index (χ1) is 16.3. The number of hydrogen-bond donors (Lipinski definition) is 0. The van der Waals surface area contributed by atoms with Crippen molar-refractivity contribution in [3.8, 4) is 11.1 Å². The molecule has 158 valence electrons. The Morgan fingerprint density at radius 2 is 1.42 bits per heavy atom. The zero-order chi connectivity index (χ0) is 22.4. The largest absolute Gasteiger partial charge is 0.462 e. The van der Waals surface area contributed by atoms with Gasteiger partial charge in [0.1, 0.15) is 11.1 Å². The van der Waals surface area contributed by atoms with Crippen LogP contribution >= 0.6 is 0 Å². The number of carbonyl (C=O) groups excluding carboxylic acids is 1. The highest BCUT2D eigenvalue weighted by Gasteiger charge is 2.29. The quantitative estimate of drug-likeness (QED) is 0.147. The molecule has 4 nitrogen and oxygen atoms in total. The molecule has 4 heteroatoms. The van der Waals surface area contributed by atoms with Gasteiger partial charge in [0.2, 0.25) is 5.52 Å². The van der Waals surface area contributed by atoms with Crippen molar-refractivity contribution in [2.45, 2.75) is 6.92 Å². The molecule has 0 atom stereocenters. The number of pyridine rings is 1. The lowest BCUT2D eigenvalue weighted by Gasteiger charge is -2.11. The Kier molecular flexibility index (Phi) is 4.51. The zero-order valence-corrected chi connectivity index (χ0v) is 18.2. The second-order valence-electron chi connectivity index (χ2n) is 7.99. The van der Waals surface area contributed by atoms with Crippen LogP contribution in [0.5, 0.6) is 0 Å². The third-order valence-corrected chi connectivity index (χ3v) is 6.12. The van der Waals surface area contributed by atoms with E-state index in [1.165, 1.54) is 0 Å². The fourth-order valence-electron chi connectivity index (χ4n) is 4.73. The van der Waals surface area contributed by atoms with E-state index >= 15 is 0 Å². The lowest BCUT2D eigenvalue weighted by atomic mass is 9.97. The summed E-state index contributed by atoms with van der Waals surface area (Å²) >= 11 is 0. The minimum absolute atomic E-state index is 0.304. The van der Waals surface area contributed by atoms with E-state index in [9.17, 15) is 4.79 Å². The molecule has 0 spiro atoms. The molecule has 0 aliphatic heterocycles. The normalized spacial score (nSPS) is 11.4. The first kappa shape index (κ1) is 19.4. The number of nitrogens with zero attached hydrogens (tertiary/aromatic N) is 2. The Morgan fingerprint density at radius 1 is 0.758 bits per heavy atom. The SMILES string of the molecule is CCOC(=O)c1c2cccc(-c3ccccc3)c2n[n+]2c3ccccc3c3ccccc3c12. The summed E-state index contributed by atoms with van der Waals surface area (Å²) in [6.07, 6.45) is 0. The summed E-state index contributed by atoms with van der Waals surface area (Å²) in [4.78, 5) is 13.4. The average molecular weight is 429 g/mol. The van der Waals surface area contributed by atoms with Crippen LogP contribution in [-0.2, 0) is 4.74 Å². The molecule has 2 heterocycles. The molecule has 0 N–H and O–H groups in total. The van der Waals surface area contributed by atoms with Crippen LogP contribution in [-0.4, -0.2) is 17.7 Å². The third-order valence-electron chi connectivity index (χ3n) is 6.12. The average Bonchev–Trinajstić information content (AvgIpc) is 2.88. The maximum atomic E-state index is 13.4. The summed E-state index contributed by atoms with van der Waals surface area (Å²) in [5.74, 6) is -0.340. The Hall–Kier alpha value is -4.31. The van der Waals surface area contributed by atoms with Crippen molar-refractivity contribution >= 4 is 44.1 Å². The van der Waals surface area contributed by atoms with E-state index < -0.39 is 0 Å². The van der Waals surface area contributed by atoms with Crippen molar-refractivity contribution in [2.75, 3.05) is 6.61 Å². The van der Waals surface area contributed by atoms with Gasteiger partial charge in [0.15, 0.2) is 0 Å². The Morgan fingerprint density at radius 3 is 2.21 bits per heavy atom. The Balaban J connectivity index is 1.90. The van der Waals surface area contributed by atoms with E-state index in [2.05, 4.69) is 30.3 Å². The zero-order valence-electron chi connectivity index (χ0n) is 18.2. The maximum Gasteiger partial charge on any atom is 0.345 e. The first-order valence-corrected chi connectivity index (χ1v) is 11.1. The smallest absolute Gasteiger partial charge is 0.345 e. The number of fused-ring (bicyclic) bond motifs is 7. The summed E-state index contributed by atoms with van der Waals surface area (Å²) in [6.45, 7) is 2.14. The van der Waals surface area contributed by atoms with Gasteiger partial charge in [0.05, 0.1) is 17.4 Å². The van der Waals surface area contributed by atoms with Gasteiger partial charge in [-0.3, -0.25) is 0 Å². The minimum atomic E-state index is -0.340. The van der Waals surface area contributed by atoms with Crippen LogP contribution in [0.15, 0.2) is 97.1 Å². The van der Waals surface area contributed by atoms with Crippen molar-refractivity contribution in [2.24, 2.45) is 0 Å². The fraction of sp³-hybridized carbons (Fsp3) is 0.0690. The molecule has 0 bridgehead atoms. The molecule has 6 rings (SSSR count). The van der Waals surface area contributed by atoms with E-state index in [1.54, 1.807) is 0 Å². The molecule has 2 aromatic heterocycles. The van der Waals surface area contributed by atoms with Crippen LogP contribution < -0.4 is 4.52 Å². The van der Waals surface area contributed by atoms with Gasteiger partial charge in [0.25, 0.3) is 5.52 Å². The highest BCUT2D eigenvalue weighted by molar-refractivity contribution is 6.18. The molecule has 6 aromatic rings. The van der Waals surface area contributed by atoms with E-state index in [-0.39, 0.29) is 5.97 Å². The molecule has 0 saturated carbocycles. The molecular weight excluding hydrogens is 408 g/mol. The van der Waals surface area contributed by atoms with E-state index in [0.717, 1.165) is 49.2 Å². The van der Waals surface area contributed by atoms with Crippen LogP contribution in [0.2, 0.25) is 0 Å². The minimum Gasteiger partial charge on any atom is -0.462 e. The monoisotopic (exact) mass is 429 g/mol. The lowest BCUT2D eigenvalue weighted by Crippen LogP contribution is -2.31. The van der Waals surface area contributed by atoms with Gasteiger partial charge < -0.3 is 4.74 Å². The van der Waals surface area contributed by atoms with Crippen LogP contribution in [0.3, 0.4) is 0 Å². The maximum absolute atomic E-state index is 13.4. The topological polar surface area (TPSA) is 43.3 Å². The molecule has 0 unspecified atom stereocenters. The molecule has 4 aromatic carbocycles. The number of esters is 1. The molecular formula is C29H21N2O2+. The molecule has 0 saturated heterocycles. The van der Waals surface area contributed by atoms with Crippen molar-refractivity contribution in [1.29, 1.82) is 0 Å². The standard InChI is InChI=1S/C29H21N2O2/c1-2-33-29(32)26-24-17-10-16-20(19-11-4-3-5-12-19)27(24)30-31-25-18-9-8-14-22(25)21-13-6-7-15-23(21)28(26)31/h3-18H,2H2,1H3/q+1. The predicted octanol–water partition coefficient (Wildman–Crippen LogP) is 6.12. The summed E-state index contributed by atoms with van der Waals surface area (Å²) in [7, 11) is 0. The van der Waals surface area contributed by atoms with Gasteiger partial charge in [-0.15, -0.1) is 0 Å². The summed E-state index contributed by atoms with van der Waals surface area (Å²) in [5.41, 5.74) is 5.05. The van der Waals surface area contributed by atoms with Crippen molar-refractivity contribution < 1.29 is 14.0 Å². The third kappa shape index (κ3) is 2.95. The number of para-hydroxylation sites is 1. The van der Waals surface area contributed by atoms with Crippen molar-refractivity contribution in [3.05, 3.63) is 103 Å². The number of aromatic nitrogens is 2. The van der Waals surface area contributed by atoms with Gasteiger partial charge in [-0.2, -0.15) is 0 Å². The van der Waals surface area contributed by atoms with Crippen molar-refractivity contribution in [3.63, 3.8) is 0 Å². The number of benzene rings is 4. The van der Waals surface area contributed by atoms with Gasteiger partial charge in [-0.1, -0.05) is 78.9 Å². The molecule has 0 aliphatic rings. The van der Waals surface area contributed by atoms with E-state index in [1.807, 2.05) is 78.2 Å². The predicted molar refractivity (Wildman–Crippen MR) is 131 cm³/mol. The summed E-state index contributed by atoms with van der Waals surface area (Å²) in [6, 6.07) is 32.5. The van der Waals surface area contributed by atoms with Crippen LogP contribution in [0, 0.1) is 0 Å². The molecule has 0 fully saturated rings. The van der Waals surface area contributed by atoms with Gasteiger partial charge in [-0.05, 0) is 29.1 Å². The van der Waals surface area contributed by atoms with E-state index in [0.29, 0.717) is 12.2 Å². The van der Waals surface area contributed by atoms with Gasteiger partial charge in [0, 0.05) is 27.5 Å². The number of rotatable bonds is 3. The molecule has 33 heavy (non-hydrogen) atoms.